The summed E-state index contributed by atoms with van der Waals surface area (Å²) >= 11 is 5.20. The Morgan fingerprint density at radius 2 is 2.08 bits per heavy atom. The molecule has 7 heteroatoms. The first kappa shape index (κ1) is 19.1. The first-order chi connectivity index (χ1) is 11.6. The standard InChI is InChI=1S/C18H24N2O4S/c1-6-23-13-9-11(7-8-12(13)21)15-14(10(2)19-17(25)20-15)16(22)24-18(3,4)5/h7-9,14-15,21H,2,6H2,1,3-5H3,(H2,19,20,25)/t14-,15+/m1/s1. The minimum atomic E-state index is -0.676. The van der Waals surface area contributed by atoms with Crippen LogP contribution in [0.2, 0.25) is 0 Å². The van der Waals surface area contributed by atoms with Crippen LogP contribution in [-0.4, -0.2) is 28.4 Å². The number of ether oxygens (including phenoxy) is 2. The Morgan fingerprint density at radius 1 is 1.40 bits per heavy atom. The van der Waals surface area contributed by atoms with Gasteiger partial charge in [-0.15, -0.1) is 0 Å². The summed E-state index contributed by atoms with van der Waals surface area (Å²) in [5.41, 5.74) is 0.585. The molecule has 2 atom stereocenters. The lowest BCUT2D eigenvalue weighted by Crippen LogP contribution is -2.51. The van der Waals surface area contributed by atoms with Gasteiger partial charge in [0.15, 0.2) is 16.6 Å². The molecule has 0 amide bonds. The van der Waals surface area contributed by atoms with E-state index in [1.54, 1.807) is 12.1 Å². The SMILES string of the molecule is C=C1NC(=S)N[C@@H](c2ccc(O)c(OCC)c2)[C@@H]1C(=O)OC(C)(C)C. The van der Waals surface area contributed by atoms with Crippen LogP contribution in [0.4, 0.5) is 0 Å². The summed E-state index contributed by atoms with van der Waals surface area (Å²) in [5, 5.41) is 16.3. The average molecular weight is 364 g/mol. The van der Waals surface area contributed by atoms with Crippen molar-refractivity contribution in [3.63, 3.8) is 0 Å². The minimum absolute atomic E-state index is 0.0368. The molecule has 0 radical (unpaired) electrons. The number of carbonyl (C=O) groups excluding carboxylic acids is 1. The van der Waals surface area contributed by atoms with Crippen molar-refractivity contribution >= 4 is 23.3 Å². The largest absolute Gasteiger partial charge is 0.504 e. The maximum atomic E-state index is 12.7. The molecule has 0 aliphatic carbocycles. The van der Waals surface area contributed by atoms with Crippen LogP contribution in [0.3, 0.4) is 0 Å². The van der Waals surface area contributed by atoms with Gasteiger partial charge in [0.1, 0.15) is 11.5 Å². The third kappa shape index (κ3) is 4.63. The fourth-order valence-corrected chi connectivity index (χ4v) is 2.86. The topological polar surface area (TPSA) is 79.8 Å². The molecule has 1 saturated heterocycles. The molecule has 1 aromatic carbocycles. The summed E-state index contributed by atoms with van der Waals surface area (Å²) in [6.07, 6.45) is 0. The van der Waals surface area contributed by atoms with E-state index in [4.69, 9.17) is 21.7 Å². The molecule has 0 aromatic heterocycles. The fraction of sp³-hybridized carbons (Fsp3) is 0.444. The van der Waals surface area contributed by atoms with Gasteiger partial charge in [0.2, 0.25) is 0 Å². The summed E-state index contributed by atoms with van der Waals surface area (Å²) in [7, 11) is 0. The van der Waals surface area contributed by atoms with E-state index in [2.05, 4.69) is 17.2 Å². The molecule has 1 fully saturated rings. The van der Waals surface area contributed by atoms with Gasteiger partial charge in [-0.3, -0.25) is 4.79 Å². The number of benzene rings is 1. The van der Waals surface area contributed by atoms with Crippen LogP contribution in [0.1, 0.15) is 39.3 Å². The highest BCUT2D eigenvalue weighted by atomic mass is 32.1. The van der Waals surface area contributed by atoms with Gasteiger partial charge in [-0.2, -0.15) is 0 Å². The average Bonchev–Trinajstić information content (AvgIpc) is 2.47. The molecule has 1 aliphatic heterocycles. The van der Waals surface area contributed by atoms with E-state index >= 15 is 0 Å². The molecule has 1 heterocycles. The highest BCUT2D eigenvalue weighted by Gasteiger charge is 2.39. The maximum absolute atomic E-state index is 12.7. The Hall–Kier alpha value is -2.28. The van der Waals surface area contributed by atoms with Crippen molar-refractivity contribution in [2.24, 2.45) is 5.92 Å². The zero-order valence-electron chi connectivity index (χ0n) is 14.9. The monoisotopic (exact) mass is 364 g/mol. The van der Waals surface area contributed by atoms with E-state index in [9.17, 15) is 9.90 Å². The van der Waals surface area contributed by atoms with Crippen molar-refractivity contribution in [1.82, 2.24) is 10.6 Å². The highest BCUT2D eigenvalue weighted by Crippen LogP contribution is 2.36. The molecule has 0 spiro atoms. The maximum Gasteiger partial charge on any atom is 0.317 e. The molecule has 0 unspecified atom stereocenters. The minimum Gasteiger partial charge on any atom is -0.504 e. The van der Waals surface area contributed by atoms with Crippen LogP contribution in [0, 0.1) is 5.92 Å². The number of hydrogen-bond donors (Lipinski definition) is 3. The van der Waals surface area contributed by atoms with Gasteiger partial charge in [-0.25, -0.2) is 0 Å². The van der Waals surface area contributed by atoms with Crippen LogP contribution in [-0.2, 0) is 9.53 Å². The van der Waals surface area contributed by atoms with Crippen molar-refractivity contribution in [2.45, 2.75) is 39.3 Å². The normalized spacial score (nSPS) is 20.5. The lowest BCUT2D eigenvalue weighted by molar-refractivity contribution is -0.159. The summed E-state index contributed by atoms with van der Waals surface area (Å²) in [5.74, 6) is -0.699. The lowest BCUT2D eigenvalue weighted by Gasteiger charge is -2.36. The summed E-state index contributed by atoms with van der Waals surface area (Å²) in [4.78, 5) is 12.7. The Kier molecular flexibility index (Phi) is 5.57. The first-order valence-corrected chi connectivity index (χ1v) is 8.48. The second-order valence-corrected chi connectivity index (χ2v) is 7.18. The van der Waals surface area contributed by atoms with E-state index in [0.29, 0.717) is 23.2 Å². The predicted octanol–water partition coefficient (Wildman–Crippen LogP) is 2.78. The number of esters is 1. The molecular weight excluding hydrogens is 340 g/mol. The fourth-order valence-electron chi connectivity index (χ4n) is 2.60. The van der Waals surface area contributed by atoms with Crippen LogP contribution in [0.25, 0.3) is 0 Å². The molecule has 6 nitrogen and oxygen atoms in total. The van der Waals surface area contributed by atoms with Gasteiger partial charge in [-0.05, 0) is 57.6 Å². The summed E-state index contributed by atoms with van der Waals surface area (Å²) in [6.45, 7) is 11.6. The Balaban J connectivity index is 2.40. The molecule has 25 heavy (non-hydrogen) atoms. The predicted molar refractivity (Wildman–Crippen MR) is 99.4 cm³/mol. The Morgan fingerprint density at radius 3 is 2.68 bits per heavy atom. The Bertz CT molecular complexity index is 697. The Labute approximate surface area is 153 Å². The molecule has 136 valence electrons. The smallest absolute Gasteiger partial charge is 0.317 e. The number of phenolic OH excluding ortho intramolecular Hbond substituents is 1. The summed E-state index contributed by atoms with van der Waals surface area (Å²) < 4.78 is 11.0. The van der Waals surface area contributed by atoms with Crippen molar-refractivity contribution < 1.29 is 19.4 Å². The van der Waals surface area contributed by atoms with E-state index in [-0.39, 0.29) is 5.75 Å². The van der Waals surface area contributed by atoms with E-state index in [1.807, 2.05) is 27.7 Å². The number of nitrogens with one attached hydrogen (secondary N) is 2. The van der Waals surface area contributed by atoms with E-state index in [0.717, 1.165) is 5.56 Å². The highest BCUT2D eigenvalue weighted by molar-refractivity contribution is 7.80. The molecule has 2 rings (SSSR count). The molecule has 0 saturated carbocycles. The number of thiocarbonyl (C=S) groups is 1. The number of hydrogen-bond acceptors (Lipinski definition) is 5. The second-order valence-electron chi connectivity index (χ2n) is 6.77. The number of carbonyl (C=O) groups is 1. The zero-order valence-corrected chi connectivity index (χ0v) is 15.7. The van der Waals surface area contributed by atoms with Crippen LogP contribution in [0.5, 0.6) is 11.5 Å². The molecule has 1 aliphatic rings. The third-order valence-electron chi connectivity index (χ3n) is 3.57. The van der Waals surface area contributed by atoms with Crippen molar-refractivity contribution in [1.29, 1.82) is 0 Å². The van der Waals surface area contributed by atoms with Crippen LogP contribution < -0.4 is 15.4 Å². The molecule has 1 aromatic rings. The number of aromatic hydroxyl groups is 1. The van der Waals surface area contributed by atoms with Crippen molar-refractivity contribution in [3.8, 4) is 11.5 Å². The molecule has 3 N–H and O–H groups in total. The van der Waals surface area contributed by atoms with Crippen molar-refractivity contribution in [3.05, 3.63) is 36.0 Å². The van der Waals surface area contributed by atoms with Gasteiger partial charge >= 0.3 is 5.97 Å². The van der Waals surface area contributed by atoms with Crippen LogP contribution >= 0.6 is 12.2 Å². The van der Waals surface area contributed by atoms with Gasteiger partial charge < -0.3 is 25.2 Å². The quantitative estimate of drug-likeness (QED) is 0.560. The van der Waals surface area contributed by atoms with Crippen LogP contribution in [0.15, 0.2) is 30.5 Å². The zero-order chi connectivity index (χ0) is 18.8. The third-order valence-corrected chi connectivity index (χ3v) is 3.79. The van der Waals surface area contributed by atoms with Gasteiger partial charge in [0.05, 0.1) is 12.6 Å². The van der Waals surface area contributed by atoms with Gasteiger partial charge in [0, 0.05) is 5.70 Å². The van der Waals surface area contributed by atoms with E-state index < -0.39 is 23.5 Å². The summed E-state index contributed by atoms with van der Waals surface area (Å²) in [6, 6.07) is 4.46. The number of rotatable bonds is 4. The molecule has 0 bridgehead atoms. The molecular formula is C18H24N2O4S. The second kappa shape index (κ2) is 7.31. The van der Waals surface area contributed by atoms with E-state index in [1.165, 1.54) is 6.07 Å². The van der Waals surface area contributed by atoms with Crippen molar-refractivity contribution in [2.75, 3.05) is 6.61 Å². The number of phenols is 1. The van der Waals surface area contributed by atoms with Gasteiger partial charge in [-0.1, -0.05) is 12.6 Å². The first-order valence-electron chi connectivity index (χ1n) is 8.07. The van der Waals surface area contributed by atoms with Gasteiger partial charge in [0.25, 0.3) is 0 Å². The lowest BCUT2D eigenvalue weighted by atomic mass is 9.88.